The number of rotatable bonds is 63. The number of quaternary nitrogens is 1. The molecule has 0 aliphatic rings. The smallest absolute Gasteiger partial charge is 0.306 e. The van der Waals surface area contributed by atoms with Gasteiger partial charge in [-0.15, -0.1) is 0 Å². The van der Waals surface area contributed by atoms with Crippen LogP contribution in [0.15, 0.2) is 72.9 Å². The number of hydrogen-bond donors (Lipinski definition) is 0. The topological polar surface area (TPSA) is 111 Å². The summed E-state index contributed by atoms with van der Waals surface area (Å²) in [5.74, 6) is -0.827. The zero-order valence-electron chi connectivity index (χ0n) is 53.7. The monoisotopic (exact) mass is 1160 g/mol. The summed E-state index contributed by atoms with van der Waals surface area (Å²) in [5.41, 5.74) is 0. The molecule has 0 amide bonds. The van der Waals surface area contributed by atoms with Gasteiger partial charge in [-0.3, -0.25) is 14.2 Å². The zero-order valence-corrected chi connectivity index (χ0v) is 54.6. The second-order valence-corrected chi connectivity index (χ2v) is 25.6. The van der Waals surface area contributed by atoms with Crippen LogP contribution in [0.25, 0.3) is 0 Å². The van der Waals surface area contributed by atoms with E-state index in [0.29, 0.717) is 17.4 Å². The summed E-state index contributed by atoms with van der Waals surface area (Å²) in [6, 6.07) is 0. The van der Waals surface area contributed by atoms with E-state index in [1.165, 1.54) is 199 Å². The third kappa shape index (κ3) is 66.5. The SMILES string of the molecule is CC/C=C\C/C=C\C/C=C\C/C=C\C/C=C\C/C=C\CCCCCCCCCCCCC(=O)OC(COC(=O)CCCCCCCCCCCCCCCCCCCCCCCCCCCCCC)COP(=O)([O-])OCC[N+](C)(C)C. The molecule has 0 N–H and O–H groups in total. The number of likely N-dealkylation sites (N-methyl/N-ethyl adjacent to an activating group) is 1. The fourth-order valence-electron chi connectivity index (χ4n) is 9.78. The lowest BCUT2D eigenvalue weighted by Gasteiger charge is -2.28. The summed E-state index contributed by atoms with van der Waals surface area (Å²) in [4.78, 5) is 38.0. The first-order chi connectivity index (χ1) is 39.5. The van der Waals surface area contributed by atoms with Crippen molar-refractivity contribution >= 4 is 19.8 Å². The van der Waals surface area contributed by atoms with E-state index in [0.717, 1.165) is 83.5 Å². The molecule has 0 saturated carbocycles. The van der Waals surface area contributed by atoms with Crippen molar-refractivity contribution in [2.45, 2.75) is 322 Å². The van der Waals surface area contributed by atoms with Gasteiger partial charge in [-0.1, -0.05) is 311 Å². The Morgan fingerprint density at radius 1 is 0.395 bits per heavy atom. The summed E-state index contributed by atoms with van der Waals surface area (Å²) in [5, 5.41) is 0. The van der Waals surface area contributed by atoms with Gasteiger partial charge in [0.15, 0.2) is 6.10 Å². The summed E-state index contributed by atoms with van der Waals surface area (Å²) in [6.45, 7) is 4.17. The summed E-state index contributed by atoms with van der Waals surface area (Å²) in [6.07, 6.45) is 82.6. The van der Waals surface area contributed by atoms with Crippen LogP contribution in [0, 0.1) is 0 Å². The lowest BCUT2D eigenvalue weighted by atomic mass is 10.0. The van der Waals surface area contributed by atoms with Crippen LogP contribution in [0.3, 0.4) is 0 Å². The van der Waals surface area contributed by atoms with E-state index in [1.54, 1.807) is 0 Å². The minimum Gasteiger partial charge on any atom is -0.756 e. The molecule has 0 aliphatic carbocycles. The molecule has 9 nitrogen and oxygen atoms in total. The van der Waals surface area contributed by atoms with Gasteiger partial charge in [-0.25, -0.2) is 0 Å². The molecule has 0 bridgehead atoms. The van der Waals surface area contributed by atoms with E-state index in [-0.39, 0.29) is 32.0 Å². The highest BCUT2D eigenvalue weighted by atomic mass is 31.2. The molecular weight excluding hydrogens is 1030 g/mol. The number of carbonyl (C=O) groups is 2. The Bertz CT molecular complexity index is 1600. The van der Waals surface area contributed by atoms with E-state index in [4.69, 9.17) is 18.5 Å². The molecule has 0 aliphatic heterocycles. The van der Waals surface area contributed by atoms with Crippen molar-refractivity contribution in [3.63, 3.8) is 0 Å². The highest BCUT2D eigenvalue weighted by molar-refractivity contribution is 7.45. The fraction of sp³-hybridized carbons (Fsp3) is 0.803. The Kier molecular flexibility index (Phi) is 60.0. The van der Waals surface area contributed by atoms with Gasteiger partial charge >= 0.3 is 11.9 Å². The fourth-order valence-corrected chi connectivity index (χ4v) is 10.5. The predicted molar refractivity (Wildman–Crippen MR) is 346 cm³/mol. The number of unbranched alkanes of at least 4 members (excludes halogenated alkanes) is 37. The first kappa shape index (κ1) is 78.5. The van der Waals surface area contributed by atoms with Gasteiger partial charge in [0.05, 0.1) is 27.7 Å². The third-order valence-electron chi connectivity index (χ3n) is 15.0. The Hall–Kier alpha value is -2.55. The molecule has 0 heterocycles. The number of allylic oxidation sites excluding steroid dienone is 12. The van der Waals surface area contributed by atoms with Crippen molar-refractivity contribution < 1.29 is 42.1 Å². The van der Waals surface area contributed by atoms with Crippen molar-refractivity contribution in [3.05, 3.63) is 72.9 Å². The van der Waals surface area contributed by atoms with E-state index in [9.17, 15) is 19.0 Å². The summed E-state index contributed by atoms with van der Waals surface area (Å²) < 4.78 is 34.3. The standard InChI is InChI=1S/C71H130NO8P/c1-6-8-10-12-14-16-18-20-22-24-26-28-30-32-34-36-38-40-42-44-46-48-50-52-54-56-58-60-62-64-71(74)80-69(68-79-81(75,76)78-66-65-72(3,4)5)67-77-70(73)63-61-59-57-55-53-51-49-47-45-43-41-39-37-35-33-31-29-27-25-23-21-19-17-15-13-11-9-7-2/h8,10,14,16,20,22,26,28,32,34,38,40,69H,6-7,9,11-13,15,17-19,21,23-25,27,29-31,33,35-37,39,41-68H2,1-5H3/b10-8-,16-14-,22-20-,28-26-,34-32-,40-38-. The van der Waals surface area contributed by atoms with Crippen LogP contribution in [0.5, 0.6) is 0 Å². The number of esters is 2. The molecule has 0 spiro atoms. The van der Waals surface area contributed by atoms with Crippen LogP contribution in [0.2, 0.25) is 0 Å². The first-order valence-electron chi connectivity index (χ1n) is 34.1. The normalized spacial score (nSPS) is 13.6. The number of nitrogens with zero attached hydrogens (tertiary/aromatic N) is 1. The molecular formula is C71H130NO8P. The minimum atomic E-state index is -4.64. The number of hydrogen-bond acceptors (Lipinski definition) is 8. The number of ether oxygens (including phenoxy) is 2. The number of phosphoric ester groups is 1. The van der Waals surface area contributed by atoms with Gasteiger partial charge in [0, 0.05) is 12.8 Å². The molecule has 0 radical (unpaired) electrons. The summed E-state index contributed by atoms with van der Waals surface area (Å²) >= 11 is 0. The van der Waals surface area contributed by atoms with Crippen LogP contribution in [-0.2, 0) is 32.7 Å². The predicted octanol–water partition coefficient (Wildman–Crippen LogP) is 21.4. The van der Waals surface area contributed by atoms with Crippen molar-refractivity contribution in [1.29, 1.82) is 0 Å². The largest absolute Gasteiger partial charge is 0.756 e. The number of carbonyl (C=O) groups excluding carboxylic acids is 2. The molecule has 0 rings (SSSR count). The van der Waals surface area contributed by atoms with E-state index < -0.39 is 26.5 Å². The quantitative estimate of drug-likeness (QED) is 0.0195. The molecule has 81 heavy (non-hydrogen) atoms. The number of phosphoric acid groups is 1. The molecule has 0 aromatic rings. The third-order valence-corrected chi connectivity index (χ3v) is 16.0. The van der Waals surface area contributed by atoms with Crippen molar-refractivity contribution in [2.75, 3.05) is 47.5 Å². The maximum atomic E-state index is 12.9. The molecule has 0 fully saturated rings. The maximum Gasteiger partial charge on any atom is 0.306 e. The second kappa shape index (κ2) is 62.0. The van der Waals surface area contributed by atoms with Crippen LogP contribution in [0.1, 0.15) is 316 Å². The van der Waals surface area contributed by atoms with Gasteiger partial charge in [-0.05, 0) is 64.2 Å². The van der Waals surface area contributed by atoms with Crippen molar-refractivity contribution in [1.82, 2.24) is 0 Å². The highest BCUT2D eigenvalue weighted by Crippen LogP contribution is 2.38. The second-order valence-electron chi connectivity index (χ2n) is 24.2. The van der Waals surface area contributed by atoms with Crippen LogP contribution >= 0.6 is 7.82 Å². The Morgan fingerprint density at radius 3 is 1.05 bits per heavy atom. The molecule has 472 valence electrons. The van der Waals surface area contributed by atoms with E-state index in [1.807, 2.05) is 21.1 Å². The molecule has 10 heteroatoms. The van der Waals surface area contributed by atoms with Crippen molar-refractivity contribution in [3.8, 4) is 0 Å². The van der Waals surface area contributed by atoms with E-state index in [2.05, 4.69) is 86.8 Å². The molecule has 2 atom stereocenters. The molecule has 0 saturated heterocycles. The first-order valence-corrected chi connectivity index (χ1v) is 35.6. The Balaban J connectivity index is 4.06. The van der Waals surface area contributed by atoms with Gasteiger partial charge in [0.2, 0.25) is 0 Å². The van der Waals surface area contributed by atoms with Crippen molar-refractivity contribution in [2.24, 2.45) is 0 Å². The maximum absolute atomic E-state index is 12.9. The zero-order chi connectivity index (χ0) is 59.1. The average molecular weight is 1160 g/mol. The van der Waals surface area contributed by atoms with Gasteiger partial charge in [-0.2, -0.15) is 0 Å². The highest BCUT2D eigenvalue weighted by Gasteiger charge is 2.22. The van der Waals surface area contributed by atoms with Gasteiger partial charge < -0.3 is 27.9 Å². The van der Waals surface area contributed by atoms with Crippen LogP contribution in [-0.4, -0.2) is 70.0 Å². The van der Waals surface area contributed by atoms with Crippen LogP contribution < -0.4 is 4.89 Å². The molecule has 2 unspecified atom stereocenters. The molecule has 0 aromatic carbocycles. The lowest BCUT2D eigenvalue weighted by Crippen LogP contribution is -2.37. The molecule has 0 aromatic heterocycles. The Labute approximate surface area is 501 Å². The van der Waals surface area contributed by atoms with E-state index >= 15 is 0 Å². The van der Waals surface area contributed by atoms with Gasteiger partial charge in [0.25, 0.3) is 7.82 Å². The Morgan fingerprint density at radius 2 is 0.704 bits per heavy atom. The minimum absolute atomic E-state index is 0.0326. The average Bonchev–Trinajstić information content (AvgIpc) is 3.43. The van der Waals surface area contributed by atoms with Crippen LogP contribution in [0.4, 0.5) is 0 Å². The lowest BCUT2D eigenvalue weighted by molar-refractivity contribution is -0.870. The van der Waals surface area contributed by atoms with Gasteiger partial charge in [0.1, 0.15) is 19.8 Å². The summed E-state index contributed by atoms with van der Waals surface area (Å²) in [7, 11) is 1.17.